The molecule has 0 N–H and O–H groups in total. The smallest absolute Gasteiger partial charge is 0.163 e. The van der Waals surface area contributed by atoms with Crippen molar-refractivity contribution in [2.24, 2.45) is 0 Å². The summed E-state index contributed by atoms with van der Waals surface area (Å²) in [7, 11) is 0. The maximum atomic E-state index is 12.3. The van der Waals surface area contributed by atoms with Gasteiger partial charge >= 0.3 is 0 Å². The number of hydrogen-bond acceptors (Lipinski definition) is 1. The van der Waals surface area contributed by atoms with E-state index in [1.165, 1.54) is 11.1 Å². The Labute approximate surface area is 121 Å². The Balaban J connectivity index is 2.13. The summed E-state index contributed by atoms with van der Waals surface area (Å²) in [5, 5.41) is 0. The van der Waals surface area contributed by atoms with Gasteiger partial charge < -0.3 is 0 Å². The summed E-state index contributed by atoms with van der Waals surface area (Å²) in [5.41, 5.74) is 4.31. The summed E-state index contributed by atoms with van der Waals surface area (Å²) in [5.74, 6) is 0.236. The quantitative estimate of drug-likeness (QED) is 0.557. The van der Waals surface area contributed by atoms with Crippen LogP contribution in [-0.2, 0) is 0 Å². The summed E-state index contributed by atoms with van der Waals surface area (Å²) >= 11 is 0. The van der Waals surface area contributed by atoms with Crippen LogP contribution in [-0.4, -0.2) is 5.78 Å². The standard InChI is InChI=1S/C19H20O/c1-4-16(17-9-5-14(2)6-10-17)13-19(20)18-11-7-15(3)8-12-18/h4-12,16H,1,13H2,2-3H3/t16-/m1/s1. The zero-order valence-electron chi connectivity index (χ0n) is 12.1. The van der Waals surface area contributed by atoms with E-state index in [0.29, 0.717) is 6.42 Å². The maximum Gasteiger partial charge on any atom is 0.163 e. The highest BCUT2D eigenvalue weighted by Crippen LogP contribution is 2.23. The Morgan fingerprint density at radius 3 is 2.00 bits per heavy atom. The molecule has 0 saturated heterocycles. The topological polar surface area (TPSA) is 17.1 Å². The van der Waals surface area contributed by atoms with E-state index in [2.05, 4.69) is 37.8 Å². The van der Waals surface area contributed by atoms with Gasteiger partial charge in [-0.05, 0) is 19.4 Å². The van der Waals surface area contributed by atoms with Crippen molar-refractivity contribution < 1.29 is 4.79 Å². The molecule has 0 aromatic heterocycles. The molecule has 0 saturated carbocycles. The Kier molecular flexibility index (Phi) is 4.52. The lowest BCUT2D eigenvalue weighted by molar-refractivity contribution is 0.0978. The summed E-state index contributed by atoms with van der Waals surface area (Å²) in [6, 6.07) is 16.0. The Morgan fingerprint density at radius 2 is 1.50 bits per heavy atom. The van der Waals surface area contributed by atoms with Crippen LogP contribution in [0.5, 0.6) is 0 Å². The van der Waals surface area contributed by atoms with Gasteiger partial charge in [0.25, 0.3) is 0 Å². The zero-order chi connectivity index (χ0) is 14.5. The molecular weight excluding hydrogens is 244 g/mol. The third kappa shape index (κ3) is 3.45. The summed E-state index contributed by atoms with van der Waals surface area (Å²) in [6.07, 6.45) is 2.33. The molecule has 0 aliphatic heterocycles. The van der Waals surface area contributed by atoms with Gasteiger partial charge in [-0.2, -0.15) is 0 Å². The van der Waals surface area contributed by atoms with Crippen molar-refractivity contribution in [2.75, 3.05) is 0 Å². The van der Waals surface area contributed by atoms with Crippen molar-refractivity contribution in [1.29, 1.82) is 0 Å². The predicted octanol–water partition coefficient (Wildman–Crippen LogP) is 4.85. The van der Waals surface area contributed by atoms with Crippen molar-refractivity contribution in [3.8, 4) is 0 Å². The Bertz CT molecular complexity index is 591. The van der Waals surface area contributed by atoms with E-state index < -0.39 is 0 Å². The van der Waals surface area contributed by atoms with Gasteiger partial charge in [0.1, 0.15) is 0 Å². The van der Waals surface area contributed by atoms with Crippen LogP contribution in [0.1, 0.15) is 39.4 Å². The molecule has 20 heavy (non-hydrogen) atoms. The average Bonchev–Trinajstić information content (AvgIpc) is 2.46. The molecule has 1 heteroatoms. The van der Waals surface area contributed by atoms with Gasteiger partial charge in [0, 0.05) is 17.9 Å². The molecule has 0 unspecified atom stereocenters. The lowest BCUT2D eigenvalue weighted by Crippen LogP contribution is -2.06. The normalized spacial score (nSPS) is 11.9. The average molecular weight is 264 g/mol. The molecule has 0 aliphatic carbocycles. The van der Waals surface area contributed by atoms with Crippen LogP contribution in [0.2, 0.25) is 0 Å². The monoisotopic (exact) mass is 264 g/mol. The molecule has 0 radical (unpaired) electrons. The van der Waals surface area contributed by atoms with Crippen LogP contribution in [0, 0.1) is 13.8 Å². The van der Waals surface area contributed by atoms with Gasteiger partial charge in [0.05, 0.1) is 0 Å². The summed E-state index contributed by atoms with van der Waals surface area (Å²) in [6.45, 7) is 7.95. The van der Waals surface area contributed by atoms with Crippen LogP contribution >= 0.6 is 0 Å². The van der Waals surface area contributed by atoms with Crippen LogP contribution in [0.4, 0.5) is 0 Å². The molecule has 1 atom stereocenters. The highest BCUT2D eigenvalue weighted by atomic mass is 16.1. The third-order valence-electron chi connectivity index (χ3n) is 3.57. The van der Waals surface area contributed by atoms with Crippen molar-refractivity contribution >= 4 is 5.78 Å². The van der Waals surface area contributed by atoms with E-state index in [4.69, 9.17) is 0 Å². The van der Waals surface area contributed by atoms with Crippen LogP contribution in [0.3, 0.4) is 0 Å². The van der Waals surface area contributed by atoms with Gasteiger partial charge in [-0.3, -0.25) is 4.79 Å². The van der Waals surface area contributed by atoms with Gasteiger partial charge in [0.15, 0.2) is 5.78 Å². The number of Topliss-reactive ketones (excluding diaryl/α,β-unsaturated/α-hetero) is 1. The van der Waals surface area contributed by atoms with E-state index in [-0.39, 0.29) is 11.7 Å². The summed E-state index contributed by atoms with van der Waals surface area (Å²) < 4.78 is 0. The van der Waals surface area contributed by atoms with E-state index >= 15 is 0 Å². The fourth-order valence-electron chi connectivity index (χ4n) is 2.21. The number of allylic oxidation sites excluding steroid dienone is 1. The van der Waals surface area contributed by atoms with Gasteiger partial charge in [-0.1, -0.05) is 65.7 Å². The van der Waals surface area contributed by atoms with Crippen LogP contribution < -0.4 is 0 Å². The van der Waals surface area contributed by atoms with Gasteiger partial charge in [0.2, 0.25) is 0 Å². The minimum absolute atomic E-state index is 0.0735. The first-order valence-electron chi connectivity index (χ1n) is 6.89. The third-order valence-corrected chi connectivity index (χ3v) is 3.57. The minimum atomic E-state index is 0.0735. The van der Waals surface area contributed by atoms with Gasteiger partial charge in [-0.25, -0.2) is 0 Å². The lowest BCUT2D eigenvalue weighted by Gasteiger charge is -2.12. The molecule has 0 fully saturated rings. The van der Waals surface area contributed by atoms with Crippen molar-refractivity contribution in [3.63, 3.8) is 0 Å². The molecule has 2 aromatic rings. The molecule has 2 aromatic carbocycles. The first-order valence-corrected chi connectivity index (χ1v) is 6.89. The number of ketones is 1. The molecule has 0 aliphatic rings. The van der Waals surface area contributed by atoms with Crippen LogP contribution in [0.15, 0.2) is 61.2 Å². The molecular formula is C19H20O. The second kappa shape index (κ2) is 6.33. The van der Waals surface area contributed by atoms with E-state index in [0.717, 1.165) is 11.1 Å². The fourth-order valence-corrected chi connectivity index (χ4v) is 2.21. The number of aryl methyl sites for hydroxylation is 2. The fraction of sp³-hybridized carbons (Fsp3) is 0.211. The lowest BCUT2D eigenvalue weighted by atomic mass is 9.91. The number of benzene rings is 2. The van der Waals surface area contributed by atoms with E-state index in [9.17, 15) is 4.79 Å². The molecule has 1 nitrogen and oxygen atoms in total. The summed E-state index contributed by atoms with van der Waals surface area (Å²) in [4.78, 5) is 12.3. The zero-order valence-corrected chi connectivity index (χ0v) is 12.1. The van der Waals surface area contributed by atoms with Crippen molar-refractivity contribution in [3.05, 3.63) is 83.4 Å². The molecule has 102 valence electrons. The second-order valence-corrected chi connectivity index (χ2v) is 5.25. The second-order valence-electron chi connectivity index (χ2n) is 5.25. The first-order chi connectivity index (χ1) is 9.60. The van der Waals surface area contributed by atoms with Crippen molar-refractivity contribution in [2.45, 2.75) is 26.2 Å². The molecule has 0 bridgehead atoms. The van der Waals surface area contributed by atoms with Crippen molar-refractivity contribution in [1.82, 2.24) is 0 Å². The Hall–Kier alpha value is -2.15. The molecule has 0 heterocycles. The Morgan fingerprint density at radius 1 is 1.00 bits per heavy atom. The predicted molar refractivity (Wildman–Crippen MR) is 84.2 cm³/mol. The molecule has 0 amide bonds. The first kappa shape index (κ1) is 14.3. The number of rotatable bonds is 5. The van der Waals surface area contributed by atoms with Gasteiger partial charge in [-0.15, -0.1) is 6.58 Å². The number of carbonyl (C=O) groups excluding carboxylic acids is 1. The largest absolute Gasteiger partial charge is 0.294 e. The highest BCUT2D eigenvalue weighted by Gasteiger charge is 2.14. The molecule has 0 spiro atoms. The maximum absolute atomic E-state index is 12.3. The number of carbonyl (C=O) groups is 1. The van der Waals surface area contributed by atoms with E-state index in [1.807, 2.05) is 37.3 Å². The van der Waals surface area contributed by atoms with Crippen LogP contribution in [0.25, 0.3) is 0 Å². The highest BCUT2D eigenvalue weighted by molar-refractivity contribution is 5.96. The van der Waals surface area contributed by atoms with E-state index in [1.54, 1.807) is 0 Å². The molecule has 2 rings (SSSR count). The number of hydrogen-bond donors (Lipinski definition) is 0. The SMILES string of the molecule is C=C[C@H](CC(=O)c1ccc(C)cc1)c1ccc(C)cc1. The minimum Gasteiger partial charge on any atom is -0.294 e.